The molecule has 2 heterocycles. The van der Waals surface area contributed by atoms with Crippen LogP contribution < -0.4 is 21.7 Å². The molecule has 11 nitrogen and oxygen atoms in total. The molecule has 2 aliphatic rings. The topological polar surface area (TPSA) is 171 Å². The summed E-state index contributed by atoms with van der Waals surface area (Å²) in [6.07, 6.45) is 2.26. The van der Waals surface area contributed by atoms with E-state index in [4.69, 9.17) is 5.73 Å². The molecule has 0 bridgehead atoms. The van der Waals surface area contributed by atoms with E-state index in [-0.39, 0.29) is 31.2 Å². The Bertz CT molecular complexity index is 706. The molecule has 0 aromatic carbocycles. The number of nitrogens with one attached hydrogen (secondary N) is 3. The molecular formula is C20H33N5O6. The molecule has 0 aromatic heterocycles. The van der Waals surface area contributed by atoms with Gasteiger partial charge in [-0.15, -0.1) is 0 Å². The van der Waals surface area contributed by atoms with E-state index >= 15 is 0 Å². The first-order valence-corrected chi connectivity index (χ1v) is 10.8. The zero-order valence-electron chi connectivity index (χ0n) is 18.1. The van der Waals surface area contributed by atoms with Gasteiger partial charge in [-0.1, -0.05) is 13.8 Å². The first-order chi connectivity index (χ1) is 14.6. The lowest BCUT2D eigenvalue weighted by atomic mass is 10.0. The summed E-state index contributed by atoms with van der Waals surface area (Å²) in [5, 5.41) is 17.5. The normalized spacial score (nSPS) is 22.7. The maximum Gasteiger partial charge on any atom is 0.326 e. The Kier molecular flexibility index (Phi) is 8.78. The Labute approximate surface area is 181 Å². The Morgan fingerprint density at radius 3 is 2.29 bits per heavy atom. The minimum atomic E-state index is -1.17. The van der Waals surface area contributed by atoms with Gasteiger partial charge >= 0.3 is 5.97 Å². The predicted octanol–water partition coefficient (Wildman–Crippen LogP) is -1.29. The minimum Gasteiger partial charge on any atom is -0.480 e. The molecule has 11 heteroatoms. The van der Waals surface area contributed by atoms with E-state index in [1.807, 2.05) is 13.8 Å². The highest BCUT2D eigenvalue weighted by molar-refractivity contribution is 5.96. The number of carbonyl (C=O) groups excluding carboxylic acids is 4. The van der Waals surface area contributed by atoms with Crippen LogP contribution in [0.5, 0.6) is 0 Å². The number of nitrogens with zero attached hydrogens (tertiary/aromatic N) is 1. The number of likely N-dealkylation sites (tertiary alicyclic amines) is 1. The minimum absolute atomic E-state index is 0.0575. The van der Waals surface area contributed by atoms with Gasteiger partial charge in [0.05, 0.1) is 12.5 Å². The maximum atomic E-state index is 13.1. The van der Waals surface area contributed by atoms with E-state index in [1.54, 1.807) is 0 Å². The number of hydrogen-bond donors (Lipinski definition) is 5. The summed E-state index contributed by atoms with van der Waals surface area (Å²) in [5.74, 6) is -3.34. The van der Waals surface area contributed by atoms with Crippen molar-refractivity contribution in [1.29, 1.82) is 0 Å². The molecule has 0 radical (unpaired) electrons. The Balaban J connectivity index is 2.09. The van der Waals surface area contributed by atoms with E-state index in [9.17, 15) is 29.1 Å². The van der Waals surface area contributed by atoms with Crippen molar-refractivity contribution in [2.24, 2.45) is 11.7 Å². The number of amides is 4. The van der Waals surface area contributed by atoms with Crippen LogP contribution in [0.3, 0.4) is 0 Å². The van der Waals surface area contributed by atoms with Gasteiger partial charge in [-0.2, -0.15) is 0 Å². The van der Waals surface area contributed by atoms with Crippen LogP contribution >= 0.6 is 0 Å². The van der Waals surface area contributed by atoms with Gasteiger partial charge in [0.15, 0.2) is 0 Å². The average Bonchev–Trinajstić information content (AvgIpc) is 3.37. The first-order valence-electron chi connectivity index (χ1n) is 10.8. The fraction of sp³-hybridized carbons (Fsp3) is 0.750. The zero-order valence-corrected chi connectivity index (χ0v) is 18.1. The van der Waals surface area contributed by atoms with Crippen LogP contribution in [0.1, 0.15) is 52.4 Å². The summed E-state index contributed by atoms with van der Waals surface area (Å²) < 4.78 is 0. The third-order valence-electron chi connectivity index (χ3n) is 5.56. The SMILES string of the molecule is CC(C)CC(NC(=O)C1CCCN1C(=O)C(CC(N)=O)NC(=O)C1CCCN1)C(=O)O. The van der Waals surface area contributed by atoms with Gasteiger partial charge in [0.25, 0.3) is 0 Å². The Morgan fingerprint density at radius 1 is 1.06 bits per heavy atom. The molecule has 31 heavy (non-hydrogen) atoms. The molecule has 0 saturated carbocycles. The number of carboxylic acids is 1. The van der Waals surface area contributed by atoms with Crippen LogP contribution in [0.25, 0.3) is 0 Å². The van der Waals surface area contributed by atoms with E-state index in [1.165, 1.54) is 4.90 Å². The number of aliphatic carboxylic acids is 1. The molecule has 0 aliphatic carbocycles. The van der Waals surface area contributed by atoms with Crippen LogP contribution in [-0.2, 0) is 24.0 Å². The highest BCUT2D eigenvalue weighted by Crippen LogP contribution is 2.20. The van der Waals surface area contributed by atoms with E-state index in [0.717, 1.165) is 6.42 Å². The van der Waals surface area contributed by atoms with Crippen molar-refractivity contribution in [3.63, 3.8) is 0 Å². The molecule has 0 aromatic rings. The lowest BCUT2D eigenvalue weighted by molar-refractivity contribution is -0.145. The number of carboxylic acid groups (broad SMARTS) is 1. The highest BCUT2D eigenvalue weighted by atomic mass is 16.4. The quantitative estimate of drug-likeness (QED) is 0.282. The zero-order chi connectivity index (χ0) is 23.1. The standard InChI is InChI=1S/C20H33N5O6/c1-11(2)9-14(20(30)31)24-18(28)15-6-4-8-25(15)19(29)13(10-16(21)26)23-17(27)12-5-3-7-22-12/h11-15,22H,3-10H2,1-2H3,(H2,21,26)(H,23,27)(H,24,28)(H,30,31). The molecule has 4 unspecified atom stereocenters. The summed E-state index contributed by atoms with van der Waals surface area (Å²) in [4.78, 5) is 62.7. The third-order valence-corrected chi connectivity index (χ3v) is 5.56. The lowest BCUT2D eigenvalue weighted by Gasteiger charge is -2.29. The van der Waals surface area contributed by atoms with E-state index in [2.05, 4.69) is 16.0 Å². The maximum absolute atomic E-state index is 13.1. The summed E-state index contributed by atoms with van der Waals surface area (Å²) in [5.41, 5.74) is 5.28. The highest BCUT2D eigenvalue weighted by Gasteiger charge is 2.40. The Hall–Kier alpha value is -2.69. The molecule has 4 amide bonds. The fourth-order valence-corrected chi connectivity index (χ4v) is 4.05. The first kappa shape index (κ1) is 24.6. The molecule has 4 atom stereocenters. The Morgan fingerprint density at radius 2 is 1.74 bits per heavy atom. The van der Waals surface area contributed by atoms with Gasteiger partial charge < -0.3 is 31.7 Å². The van der Waals surface area contributed by atoms with Crippen LogP contribution in [-0.4, -0.2) is 76.9 Å². The van der Waals surface area contributed by atoms with Crippen molar-refractivity contribution in [3.8, 4) is 0 Å². The van der Waals surface area contributed by atoms with Crippen LogP contribution in [0, 0.1) is 5.92 Å². The second-order valence-electron chi connectivity index (χ2n) is 8.60. The molecule has 0 spiro atoms. The number of primary amides is 1. The average molecular weight is 440 g/mol. The molecule has 2 rings (SSSR count). The monoisotopic (exact) mass is 439 g/mol. The molecule has 2 aliphatic heterocycles. The number of hydrogen-bond acceptors (Lipinski definition) is 6. The third kappa shape index (κ3) is 6.91. The second-order valence-corrected chi connectivity index (χ2v) is 8.60. The molecular weight excluding hydrogens is 406 g/mol. The fourth-order valence-electron chi connectivity index (χ4n) is 4.05. The van der Waals surface area contributed by atoms with Crippen molar-refractivity contribution in [2.45, 2.75) is 76.5 Å². The largest absolute Gasteiger partial charge is 0.480 e. The van der Waals surface area contributed by atoms with Crippen molar-refractivity contribution in [1.82, 2.24) is 20.9 Å². The van der Waals surface area contributed by atoms with Crippen molar-refractivity contribution >= 4 is 29.6 Å². The van der Waals surface area contributed by atoms with Crippen LogP contribution in [0.2, 0.25) is 0 Å². The van der Waals surface area contributed by atoms with Crippen molar-refractivity contribution in [2.75, 3.05) is 13.1 Å². The summed E-state index contributed by atoms with van der Waals surface area (Å²) in [6, 6.07) is -3.53. The van der Waals surface area contributed by atoms with Gasteiger partial charge in [0.1, 0.15) is 18.1 Å². The molecule has 174 valence electrons. The van der Waals surface area contributed by atoms with Crippen molar-refractivity contribution in [3.05, 3.63) is 0 Å². The van der Waals surface area contributed by atoms with Gasteiger partial charge in [-0.3, -0.25) is 19.2 Å². The molecule has 2 fully saturated rings. The lowest BCUT2D eigenvalue weighted by Crippen LogP contribution is -2.57. The van der Waals surface area contributed by atoms with Crippen molar-refractivity contribution < 1.29 is 29.1 Å². The molecule has 2 saturated heterocycles. The van der Waals surface area contributed by atoms with E-state index in [0.29, 0.717) is 25.8 Å². The number of carbonyl (C=O) groups is 5. The number of rotatable bonds is 10. The van der Waals surface area contributed by atoms with Gasteiger partial charge in [0.2, 0.25) is 23.6 Å². The molecule has 6 N–H and O–H groups in total. The van der Waals surface area contributed by atoms with Gasteiger partial charge in [-0.25, -0.2) is 4.79 Å². The summed E-state index contributed by atoms with van der Waals surface area (Å²) in [7, 11) is 0. The van der Waals surface area contributed by atoms with Crippen LogP contribution in [0.15, 0.2) is 0 Å². The summed E-state index contributed by atoms with van der Waals surface area (Å²) in [6.45, 7) is 4.67. The predicted molar refractivity (Wildman–Crippen MR) is 111 cm³/mol. The summed E-state index contributed by atoms with van der Waals surface area (Å²) >= 11 is 0. The smallest absolute Gasteiger partial charge is 0.326 e. The van der Waals surface area contributed by atoms with Gasteiger partial charge in [-0.05, 0) is 44.6 Å². The van der Waals surface area contributed by atoms with Crippen LogP contribution in [0.4, 0.5) is 0 Å². The van der Waals surface area contributed by atoms with Gasteiger partial charge in [0, 0.05) is 6.54 Å². The second kappa shape index (κ2) is 11.1. The van der Waals surface area contributed by atoms with E-state index < -0.39 is 47.9 Å². The number of nitrogens with two attached hydrogens (primary N) is 1.